The molecule has 116 valence electrons. The van der Waals surface area contributed by atoms with Gasteiger partial charge < -0.3 is 10.2 Å². The predicted octanol–water partition coefficient (Wildman–Crippen LogP) is 2.91. The molecule has 21 heavy (non-hydrogen) atoms. The molecule has 0 aromatic carbocycles. The Morgan fingerprint density at radius 1 is 1.52 bits per heavy atom. The van der Waals surface area contributed by atoms with Crippen molar-refractivity contribution in [2.75, 3.05) is 26.0 Å². The van der Waals surface area contributed by atoms with E-state index in [4.69, 9.17) is 0 Å². The van der Waals surface area contributed by atoms with E-state index >= 15 is 0 Å². The molecular weight excluding hydrogens is 268 g/mol. The topological polar surface area (TPSA) is 71.3 Å². The van der Waals surface area contributed by atoms with E-state index in [2.05, 4.69) is 36.2 Å². The lowest BCUT2D eigenvalue weighted by Crippen LogP contribution is -2.52. The lowest BCUT2D eigenvalue weighted by Gasteiger charge is -2.45. The molecule has 2 atom stereocenters. The fourth-order valence-electron chi connectivity index (χ4n) is 3.21. The number of hydrogen-bond acceptors (Lipinski definition) is 5. The Hall–Kier alpha value is -1.69. The van der Waals surface area contributed by atoms with Crippen molar-refractivity contribution in [2.45, 2.75) is 38.1 Å². The molecule has 6 nitrogen and oxygen atoms in total. The molecule has 1 N–H and O–H groups in total. The number of nitro groups is 1. The van der Waals surface area contributed by atoms with E-state index in [0.29, 0.717) is 5.82 Å². The number of likely N-dealkylation sites (N-methyl/N-ethyl adjacent to an activating group) is 1. The van der Waals surface area contributed by atoms with Gasteiger partial charge in [-0.3, -0.25) is 10.1 Å². The highest BCUT2D eigenvalue weighted by Gasteiger charge is 2.36. The molecule has 6 heteroatoms. The van der Waals surface area contributed by atoms with Gasteiger partial charge in [0.15, 0.2) is 0 Å². The maximum absolute atomic E-state index is 10.6. The standard InChI is InChI=1S/C15H24N4O2/c1-12-5-4-8-15(9-12,18(2)3)11-17-14-7-6-13(10-16-14)19(20)21/h6-7,10,12H,4-5,8-9,11H2,1-3H3,(H,16,17). The molecule has 1 aliphatic carbocycles. The molecule has 0 radical (unpaired) electrons. The summed E-state index contributed by atoms with van der Waals surface area (Å²) >= 11 is 0. The number of nitrogens with one attached hydrogen (secondary N) is 1. The Balaban J connectivity index is 2.03. The largest absolute Gasteiger partial charge is 0.368 e. The van der Waals surface area contributed by atoms with Crippen LogP contribution in [0.4, 0.5) is 11.5 Å². The van der Waals surface area contributed by atoms with Gasteiger partial charge in [0.2, 0.25) is 0 Å². The van der Waals surface area contributed by atoms with Crippen molar-refractivity contribution in [3.63, 3.8) is 0 Å². The molecule has 1 fully saturated rings. The summed E-state index contributed by atoms with van der Waals surface area (Å²) in [5.41, 5.74) is 0.162. The maximum atomic E-state index is 10.6. The second-order valence-electron chi connectivity index (χ2n) is 6.33. The van der Waals surface area contributed by atoms with E-state index < -0.39 is 4.92 Å². The zero-order valence-corrected chi connectivity index (χ0v) is 13.0. The third kappa shape index (κ3) is 3.69. The molecule has 1 heterocycles. The summed E-state index contributed by atoms with van der Waals surface area (Å²) in [7, 11) is 4.26. The van der Waals surface area contributed by atoms with E-state index in [1.807, 2.05) is 0 Å². The summed E-state index contributed by atoms with van der Waals surface area (Å²) in [6.07, 6.45) is 6.18. The van der Waals surface area contributed by atoms with Crippen LogP contribution in [-0.4, -0.2) is 41.0 Å². The minimum Gasteiger partial charge on any atom is -0.368 e. The Labute approximate surface area is 125 Å². The van der Waals surface area contributed by atoms with Gasteiger partial charge in [-0.05, 0) is 38.9 Å². The highest BCUT2D eigenvalue weighted by molar-refractivity contribution is 5.40. The van der Waals surface area contributed by atoms with Gasteiger partial charge in [0.05, 0.1) is 4.92 Å². The zero-order chi connectivity index (χ0) is 15.5. The summed E-state index contributed by atoms with van der Waals surface area (Å²) in [5, 5.41) is 14.0. The smallest absolute Gasteiger partial charge is 0.287 e. The molecule has 1 aromatic heterocycles. The predicted molar refractivity (Wildman–Crippen MR) is 83.4 cm³/mol. The fraction of sp³-hybridized carbons (Fsp3) is 0.667. The summed E-state index contributed by atoms with van der Waals surface area (Å²) in [5.74, 6) is 1.42. The number of nitrogens with zero attached hydrogens (tertiary/aromatic N) is 3. The number of pyridine rings is 1. The molecule has 1 aliphatic rings. The monoisotopic (exact) mass is 292 g/mol. The third-order valence-electron chi connectivity index (χ3n) is 4.57. The number of hydrogen-bond donors (Lipinski definition) is 1. The molecule has 2 rings (SSSR count). The van der Waals surface area contributed by atoms with Crippen LogP contribution in [0.15, 0.2) is 18.3 Å². The van der Waals surface area contributed by atoms with Crippen LogP contribution < -0.4 is 5.32 Å². The summed E-state index contributed by atoms with van der Waals surface area (Å²) < 4.78 is 0. The van der Waals surface area contributed by atoms with Crippen molar-refractivity contribution >= 4 is 11.5 Å². The number of anilines is 1. The van der Waals surface area contributed by atoms with E-state index in [0.717, 1.165) is 12.5 Å². The van der Waals surface area contributed by atoms with Crippen molar-refractivity contribution in [2.24, 2.45) is 5.92 Å². The SMILES string of the molecule is CC1CCCC(CNc2ccc([N+](=O)[O-])cn2)(N(C)C)C1. The number of aromatic nitrogens is 1. The Kier molecular flexibility index (Phi) is 4.77. The number of rotatable bonds is 5. The lowest BCUT2D eigenvalue weighted by atomic mass is 9.75. The van der Waals surface area contributed by atoms with Crippen LogP contribution in [0.2, 0.25) is 0 Å². The summed E-state index contributed by atoms with van der Waals surface area (Å²) in [6, 6.07) is 3.16. The van der Waals surface area contributed by atoms with E-state index in [1.54, 1.807) is 6.07 Å². The molecule has 0 bridgehead atoms. The highest BCUT2D eigenvalue weighted by atomic mass is 16.6. The quantitative estimate of drug-likeness (QED) is 0.667. The van der Waals surface area contributed by atoms with Gasteiger partial charge in [0, 0.05) is 18.2 Å². The molecule has 0 spiro atoms. The van der Waals surface area contributed by atoms with Crippen molar-refractivity contribution in [3.05, 3.63) is 28.4 Å². The van der Waals surface area contributed by atoms with E-state index in [9.17, 15) is 10.1 Å². The summed E-state index contributed by atoms with van der Waals surface area (Å²) in [6.45, 7) is 3.12. The molecule has 1 aromatic rings. The minimum absolute atomic E-state index is 0.0224. The van der Waals surface area contributed by atoms with Crippen molar-refractivity contribution in [1.82, 2.24) is 9.88 Å². The normalized spacial score (nSPS) is 25.8. The van der Waals surface area contributed by atoms with Crippen LogP contribution in [0.5, 0.6) is 0 Å². The highest BCUT2D eigenvalue weighted by Crippen LogP contribution is 2.35. The first-order valence-corrected chi connectivity index (χ1v) is 7.45. The van der Waals surface area contributed by atoms with Crippen molar-refractivity contribution < 1.29 is 4.92 Å². The third-order valence-corrected chi connectivity index (χ3v) is 4.57. The van der Waals surface area contributed by atoms with Crippen molar-refractivity contribution in [3.8, 4) is 0 Å². The average molecular weight is 292 g/mol. The van der Waals surface area contributed by atoms with Gasteiger partial charge in [-0.1, -0.05) is 19.8 Å². The van der Waals surface area contributed by atoms with Crippen LogP contribution in [0.25, 0.3) is 0 Å². The van der Waals surface area contributed by atoms with Gasteiger partial charge in [-0.2, -0.15) is 0 Å². The van der Waals surface area contributed by atoms with Crippen LogP contribution >= 0.6 is 0 Å². The van der Waals surface area contributed by atoms with Crippen LogP contribution in [0, 0.1) is 16.0 Å². The van der Waals surface area contributed by atoms with Gasteiger partial charge in [0.25, 0.3) is 5.69 Å². The van der Waals surface area contributed by atoms with Gasteiger partial charge in [-0.15, -0.1) is 0 Å². The molecule has 1 saturated carbocycles. The van der Waals surface area contributed by atoms with E-state index in [1.165, 1.54) is 37.9 Å². The van der Waals surface area contributed by atoms with Gasteiger partial charge >= 0.3 is 0 Å². The van der Waals surface area contributed by atoms with E-state index in [-0.39, 0.29) is 11.2 Å². The van der Waals surface area contributed by atoms with Crippen LogP contribution in [0.1, 0.15) is 32.6 Å². The van der Waals surface area contributed by atoms with Crippen LogP contribution in [-0.2, 0) is 0 Å². The Bertz CT molecular complexity index is 489. The molecule has 0 aliphatic heterocycles. The average Bonchev–Trinajstić information content (AvgIpc) is 2.45. The Morgan fingerprint density at radius 2 is 2.29 bits per heavy atom. The maximum Gasteiger partial charge on any atom is 0.287 e. The molecular formula is C15H24N4O2. The van der Waals surface area contributed by atoms with Crippen LogP contribution in [0.3, 0.4) is 0 Å². The van der Waals surface area contributed by atoms with Gasteiger partial charge in [-0.25, -0.2) is 4.98 Å². The fourth-order valence-corrected chi connectivity index (χ4v) is 3.21. The first kappa shape index (κ1) is 15.7. The summed E-state index contributed by atoms with van der Waals surface area (Å²) in [4.78, 5) is 16.6. The molecule has 0 saturated heterocycles. The zero-order valence-electron chi connectivity index (χ0n) is 13.0. The van der Waals surface area contributed by atoms with Gasteiger partial charge in [0.1, 0.15) is 12.0 Å². The molecule has 0 amide bonds. The first-order valence-electron chi connectivity index (χ1n) is 7.45. The molecule has 2 unspecified atom stereocenters. The Morgan fingerprint density at radius 3 is 2.81 bits per heavy atom. The minimum atomic E-state index is -0.430. The first-order chi connectivity index (χ1) is 9.93. The lowest BCUT2D eigenvalue weighted by molar-refractivity contribution is -0.385. The second-order valence-corrected chi connectivity index (χ2v) is 6.33. The second kappa shape index (κ2) is 6.39. The van der Waals surface area contributed by atoms with Crippen molar-refractivity contribution in [1.29, 1.82) is 0 Å².